The smallest absolute Gasteiger partial charge is 0.414 e. The first-order valence-electron chi connectivity index (χ1n) is 7.70. The molecule has 8 heteroatoms. The first kappa shape index (κ1) is 19.2. The number of carboxylic acid groups (broad SMARTS) is 2. The van der Waals surface area contributed by atoms with Gasteiger partial charge in [0, 0.05) is 25.0 Å². The van der Waals surface area contributed by atoms with Gasteiger partial charge in [0.2, 0.25) is 0 Å². The van der Waals surface area contributed by atoms with E-state index in [1.54, 1.807) is 0 Å². The van der Waals surface area contributed by atoms with Crippen molar-refractivity contribution in [3.8, 4) is 0 Å². The Morgan fingerprint density at radius 2 is 1.74 bits per heavy atom. The van der Waals surface area contributed by atoms with Gasteiger partial charge < -0.3 is 25.2 Å². The molecule has 2 fully saturated rings. The van der Waals surface area contributed by atoms with E-state index in [0.717, 1.165) is 32.6 Å². The second-order valence-electron chi connectivity index (χ2n) is 7.04. The van der Waals surface area contributed by atoms with Crippen LogP contribution in [0.4, 0.5) is 4.79 Å². The molecular formula is C15H26N2O6. The third kappa shape index (κ3) is 6.43. The SMILES string of the molecule is CC(C)(C)OC(=O)N1CCC2(CCCNC2)C1.O=C(O)C(=O)O. The van der Waals surface area contributed by atoms with Crippen molar-refractivity contribution in [3.05, 3.63) is 0 Å². The molecule has 0 aromatic carbocycles. The van der Waals surface area contributed by atoms with Gasteiger partial charge in [-0.05, 0) is 46.6 Å². The highest BCUT2D eigenvalue weighted by molar-refractivity contribution is 6.27. The van der Waals surface area contributed by atoms with Crippen molar-refractivity contribution in [2.24, 2.45) is 5.41 Å². The fourth-order valence-corrected chi connectivity index (χ4v) is 2.80. The van der Waals surface area contributed by atoms with Gasteiger partial charge in [0.15, 0.2) is 0 Å². The molecule has 0 bridgehead atoms. The molecule has 2 aliphatic rings. The molecule has 1 amide bonds. The lowest BCUT2D eigenvalue weighted by atomic mass is 9.80. The molecule has 1 atom stereocenters. The maximum absolute atomic E-state index is 12.0. The van der Waals surface area contributed by atoms with Crippen LogP contribution in [0.25, 0.3) is 0 Å². The number of likely N-dealkylation sites (tertiary alicyclic amines) is 1. The van der Waals surface area contributed by atoms with Crippen LogP contribution in [-0.2, 0) is 14.3 Å². The molecule has 0 aliphatic carbocycles. The second-order valence-corrected chi connectivity index (χ2v) is 7.04. The summed E-state index contributed by atoms with van der Waals surface area (Å²) >= 11 is 0. The summed E-state index contributed by atoms with van der Waals surface area (Å²) < 4.78 is 5.42. The van der Waals surface area contributed by atoms with Crippen molar-refractivity contribution in [2.45, 2.75) is 45.6 Å². The van der Waals surface area contributed by atoms with Crippen LogP contribution in [0, 0.1) is 5.41 Å². The van der Waals surface area contributed by atoms with Crippen molar-refractivity contribution in [1.29, 1.82) is 0 Å². The summed E-state index contributed by atoms with van der Waals surface area (Å²) in [7, 11) is 0. The lowest BCUT2D eigenvalue weighted by molar-refractivity contribution is -0.159. The normalized spacial score (nSPS) is 23.9. The minimum atomic E-state index is -1.82. The number of piperidine rings is 1. The molecule has 2 saturated heterocycles. The molecule has 2 heterocycles. The van der Waals surface area contributed by atoms with Gasteiger partial charge in [-0.1, -0.05) is 0 Å². The second kappa shape index (κ2) is 7.63. The van der Waals surface area contributed by atoms with Gasteiger partial charge in [0.05, 0.1) is 0 Å². The Kier molecular flexibility index (Phi) is 6.37. The van der Waals surface area contributed by atoms with Crippen LogP contribution >= 0.6 is 0 Å². The Hall–Kier alpha value is -1.83. The van der Waals surface area contributed by atoms with Crippen LogP contribution in [0.3, 0.4) is 0 Å². The molecule has 3 N–H and O–H groups in total. The predicted octanol–water partition coefficient (Wildman–Crippen LogP) is 1.15. The van der Waals surface area contributed by atoms with Crippen LogP contribution in [0.2, 0.25) is 0 Å². The Morgan fingerprint density at radius 3 is 2.17 bits per heavy atom. The van der Waals surface area contributed by atoms with E-state index in [2.05, 4.69) is 5.32 Å². The highest BCUT2D eigenvalue weighted by Crippen LogP contribution is 2.36. The Labute approximate surface area is 135 Å². The third-order valence-electron chi connectivity index (χ3n) is 3.83. The zero-order valence-corrected chi connectivity index (χ0v) is 13.9. The fourth-order valence-electron chi connectivity index (χ4n) is 2.80. The third-order valence-corrected chi connectivity index (χ3v) is 3.83. The number of rotatable bonds is 0. The van der Waals surface area contributed by atoms with E-state index in [0.29, 0.717) is 5.41 Å². The number of nitrogens with zero attached hydrogens (tertiary/aromatic N) is 1. The van der Waals surface area contributed by atoms with Crippen molar-refractivity contribution in [3.63, 3.8) is 0 Å². The topological polar surface area (TPSA) is 116 Å². The van der Waals surface area contributed by atoms with Gasteiger partial charge in [0.25, 0.3) is 0 Å². The molecule has 0 aromatic heterocycles. The van der Waals surface area contributed by atoms with E-state index in [1.807, 2.05) is 25.7 Å². The summed E-state index contributed by atoms with van der Waals surface area (Å²) in [6.45, 7) is 9.61. The predicted molar refractivity (Wildman–Crippen MR) is 82.2 cm³/mol. The molecule has 1 unspecified atom stereocenters. The van der Waals surface area contributed by atoms with E-state index in [-0.39, 0.29) is 6.09 Å². The summed E-state index contributed by atoms with van der Waals surface area (Å²) in [6.07, 6.45) is 3.42. The molecule has 0 aromatic rings. The lowest BCUT2D eigenvalue weighted by Gasteiger charge is -2.34. The molecule has 1 spiro atoms. The van der Waals surface area contributed by atoms with Crippen molar-refractivity contribution in [1.82, 2.24) is 10.2 Å². The number of carbonyl (C=O) groups is 3. The van der Waals surface area contributed by atoms with E-state index >= 15 is 0 Å². The number of aliphatic carboxylic acids is 2. The number of carboxylic acids is 2. The van der Waals surface area contributed by atoms with Gasteiger partial charge in [-0.2, -0.15) is 0 Å². The number of amides is 1. The van der Waals surface area contributed by atoms with Gasteiger partial charge in [-0.25, -0.2) is 14.4 Å². The standard InChI is InChI=1S/C13H24N2O2.C2H2O4/c1-12(2,3)17-11(16)15-8-6-13(10-15)5-4-7-14-9-13;3-1(4)2(5)6/h14H,4-10H2,1-3H3;(H,3,4)(H,5,6). The summed E-state index contributed by atoms with van der Waals surface area (Å²) in [6, 6.07) is 0. The number of carbonyl (C=O) groups excluding carboxylic acids is 1. The first-order valence-corrected chi connectivity index (χ1v) is 7.70. The van der Waals surface area contributed by atoms with Crippen LogP contribution in [0.1, 0.15) is 40.0 Å². The summed E-state index contributed by atoms with van der Waals surface area (Å²) in [5.74, 6) is -3.65. The maximum atomic E-state index is 12.0. The zero-order valence-electron chi connectivity index (χ0n) is 13.9. The van der Waals surface area contributed by atoms with Crippen molar-refractivity contribution in [2.75, 3.05) is 26.2 Å². The van der Waals surface area contributed by atoms with E-state index in [4.69, 9.17) is 24.5 Å². The van der Waals surface area contributed by atoms with Gasteiger partial charge in [-0.3, -0.25) is 0 Å². The first-order chi connectivity index (χ1) is 10.5. The zero-order chi connectivity index (χ0) is 17.7. The number of hydrogen-bond acceptors (Lipinski definition) is 5. The van der Waals surface area contributed by atoms with Gasteiger partial charge in [0.1, 0.15) is 5.60 Å². The Balaban J connectivity index is 0.000000379. The number of ether oxygens (including phenoxy) is 1. The quantitative estimate of drug-likeness (QED) is 0.570. The van der Waals surface area contributed by atoms with E-state index in [9.17, 15) is 4.79 Å². The van der Waals surface area contributed by atoms with Gasteiger partial charge >= 0.3 is 18.0 Å². The van der Waals surface area contributed by atoms with E-state index < -0.39 is 17.5 Å². The van der Waals surface area contributed by atoms with Crippen molar-refractivity contribution < 1.29 is 29.3 Å². The minimum absolute atomic E-state index is 0.153. The van der Waals surface area contributed by atoms with Gasteiger partial charge in [-0.15, -0.1) is 0 Å². The van der Waals surface area contributed by atoms with Crippen LogP contribution < -0.4 is 5.32 Å². The molecule has 8 nitrogen and oxygen atoms in total. The lowest BCUT2D eigenvalue weighted by Crippen LogP contribution is -2.43. The largest absolute Gasteiger partial charge is 0.473 e. The average molecular weight is 330 g/mol. The monoisotopic (exact) mass is 330 g/mol. The molecule has 132 valence electrons. The molecule has 2 rings (SSSR count). The highest BCUT2D eigenvalue weighted by atomic mass is 16.6. The Bertz CT molecular complexity index is 439. The van der Waals surface area contributed by atoms with E-state index in [1.165, 1.54) is 12.8 Å². The van der Waals surface area contributed by atoms with Crippen LogP contribution in [0.5, 0.6) is 0 Å². The molecule has 0 radical (unpaired) electrons. The average Bonchev–Trinajstić information content (AvgIpc) is 2.82. The molecular weight excluding hydrogens is 304 g/mol. The molecule has 23 heavy (non-hydrogen) atoms. The fraction of sp³-hybridized carbons (Fsp3) is 0.800. The summed E-state index contributed by atoms with van der Waals surface area (Å²) in [5.41, 5.74) is -0.0766. The van der Waals surface area contributed by atoms with Crippen LogP contribution in [-0.4, -0.2) is 64.9 Å². The van der Waals surface area contributed by atoms with Crippen molar-refractivity contribution >= 4 is 18.0 Å². The maximum Gasteiger partial charge on any atom is 0.414 e. The van der Waals surface area contributed by atoms with Crippen LogP contribution in [0.15, 0.2) is 0 Å². The minimum Gasteiger partial charge on any atom is -0.473 e. The highest BCUT2D eigenvalue weighted by Gasteiger charge is 2.41. The molecule has 0 saturated carbocycles. The summed E-state index contributed by atoms with van der Waals surface area (Å²) in [4.78, 5) is 32.0. The molecule has 2 aliphatic heterocycles. The number of hydrogen-bond donors (Lipinski definition) is 3. The summed E-state index contributed by atoms with van der Waals surface area (Å²) in [5, 5.41) is 18.2. The Morgan fingerprint density at radius 1 is 1.13 bits per heavy atom. The number of nitrogens with one attached hydrogen (secondary N) is 1.